The fraction of sp³-hybridized carbons (Fsp3) is 0.889. The molecule has 0 radical (unpaired) electrons. The van der Waals surface area contributed by atoms with E-state index in [4.69, 9.17) is 10.8 Å². The number of nitrogens with two attached hydrogens (primary N) is 1. The third-order valence-electron chi connectivity index (χ3n) is 2.62. The van der Waals surface area contributed by atoms with Crippen molar-refractivity contribution < 1.29 is 9.90 Å². The number of aliphatic hydroxyl groups excluding tert-OH is 1. The molecule has 0 aromatic carbocycles. The summed E-state index contributed by atoms with van der Waals surface area (Å²) in [4.78, 5) is 10.6. The summed E-state index contributed by atoms with van der Waals surface area (Å²) in [5, 5.41) is 14.6. The molecule has 5 nitrogen and oxygen atoms in total. The van der Waals surface area contributed by atoms with E-state index >= 15 is 0 Å². The first-order valence-electron chi connectivity index (χ1n) is 5.12. The highest BCUT2D eigenvalue weighted by Crippen LogP contribution is 2.18. The maximum atomic E-state index is 10.6. The minimum absolute atomic E-state index is 0.180. The number of hydrogen-bond acceptors (Lipinski definition) is 3. The maximum Gasteiger partial charge on any atom is 0.312 e. The van der Waals surface area contributed by atoms with E-state index in [1.165, 1.54) is 0 Å². The zero-order valence-corrected chi connectivity index (χ0v) is 8.33. The molecule has 0 unspecified atom stereocenters. The second-order valence-corrected chi connectivity index (χ2v) is 3.73. The minimum Gasteiger partial charge on any atom is -0.395 e. The lowest BCUT2D eigenvalue weighted by molar-refractivity contribution is 0.234. The van der Waals surface area contributed by atoms with Gasteiger partial charge in [0, 0.05) is 18.6 Å². The Kier molecular flexibility index (Phi) is 4.69. The molecule has 2 amide bonds. The molecule has 0 atom stereocenters. The van der Waals surface area contributed by atoms with E-state index in [2.05, 4.69) is 10.6 Å². The van der Waals surface area contributed by atoms with Gasteiger partial charge in [-0.3, -0.25) is 0 Å². The lowest BCUT2D eigenvalue weighted by atomic mass is 9.91. The van der Waals surface area contributed by atoms with Gasteiger partial charge in [-0.15, -0.1) is 0 Å². The monoisotopic (exact) mass is 201 g/mol. The molecule has 0 aliphatic heterocycles. The van der Waals surface area contributed by atoms with Gasteiger partial charge in [-0.25, -0.2) is 4.79 Å². The zero-order chi connectivity index (χ0) is 10.4. The van der Waals surface area contributed by atoms with E-state index in [0.29, 0.717) is 12.6 Å². The molecule has 0 aromatic rings. The van der Waals surface area contributed by atoms with Crippen molar-refractivity contribution in [1.29, 1.82) is 0 Å². The van der Waals surface area contributed by atoms with Gasteiger partial charge in [0.1, 0.15) is 0 Å². The summed E-state index contributed by atoms with van der Waals surface area (Å²) < 4.78 is 0. The number of urea groups is 1. The number of hydrogen-bond donors (Lipinski definition) is 4. The fourth-order valence-electron chi connectivity index (χ4n) is 1.91. The van der Waals surface area contributed by atoms with E-state index < -0.39 is 6.03 Å². The molecule has 1 fully saturated rings. The first-order valence-corrected chi connectivity index (χ1v) is 5.12. The predicted octanol–water partition coefficient (Wildman–Crippen LogP) is -0.452. The summed E-state index contributed by atoms with van der Waals surface area (Å²) in [6.07, 6.45) is 3.99. The van der Waals surface area contributed by atoms with Gasteiger partial charge < -0.3 is 21.5 Å². The Labute approximate surface area is 84.0 Å². The van der Waals surface area contributed by atoms with Gasteiger partial charge >= 0.3 is 6.03 Å². The van der Waals surface area contributed by atoms with Gasteiger partial charge in [0.05, 0.1) is 6.61 Å². The second kappa shape index (κ2) is 5.82. The summed E-state index contributed by atoms with van der Waals surface area (Å²) in [6, 6.07) is 0.282. The number of carbonyl (C=O) groups is 1. The van der Waals surface area contributed by atoms with Crippen LogP contribution in [0.15, 0.2) is 0 Å². The standard InChI is InChI=1S/C9H19N3O2/c10-9(14)12-8-3-1-7(2-4-8)11-5-6-13/h7-8,11,13H,1-6H2,(H3,10,12,14). The molecule has 0 spiro atoms. The Bertz CT molecular complexity index is 179. The topological polar surface area (TPSA) is 87.4 Å². The van der Waals surface area contributed by atoms with Crippen molar-refractivity contribution in [2.75, 3.05) is 13.2 Å². The molecular weight excluding hydrogens is 182 g/mol. The van der Waals surface area contributed by atoms with Crippen LogP contribution in [0, 0.1) is 0 Å². The number of carbonyl (C=O) groups excluding carboxylic acids is 1. The van der Waals surface area contributed by atoms with Crippen LogP contribution in [-0.2, 0) is 0 Å². The van der Waals surface area contributed by atoms with Gasteiger partial charge in [0.25, 0.3) is 0 Å². The molecule has 82 valence electrons. The van der Waals surface area contributed by atoms with Crippen LogP contribution in [0.1, 0.15) is 25.7 Å². The van der Waals surface area contributed by atoms with Crippen LogP contribution < -0.4 is 16.4 Å². The van der Waals surface area contributed by atoms with Crippen molar-refractivity contribution >= 4 is 6.03 Å². The lowest BCUT2D eigenvalue weighted by Crippen LogP contribution is -2.44. The van der Waals surface area contributed by atoms with Crippen molar-refractivity contribution in [2.45, 2.75) is 37.8 Å². The van der Waals surface area contributed by atoms with E-state index in [9.17, 15) is 4.79 Å². The minimum atomic E-state index is -0.434. The van der Waals surface area contributed by atoms with Crippen molar-refractivity contribution in [2.24, 2.45) is 5.73 Å². The average Bonchev–Trinajstić information content (AvgIpc) is 2.16. The number of nitrogens with one attached hydrogen (secondary N) is 2. The molecule has 14 heavy (non-hydrogen) atoms. The van der Waals surface area contributed by atoms with E-state index in [0.717, 1.165) is 25.7 Å². The van der Waals surface area contributed by atoms with Crippen molar-refractivity contribution in [3.8, 4) is 0 Å². The SMILES string of the molecule is NC(=O)NC1CCC(NCCO)CC1. The maximum absolute atomic E-state index is 10.6. The molecular formula is C9H19N3O2. The molecule has 0 aromatic heterocycles. The van der Waals surface area contributed by atoms with Crippen LogP contribution in [0.3, 0.4) is 0 Å². The molecule has 0 bridgehead atoms. The van der Waals surface area contributed by atoms with Crippen molar-refractivity contribution in [3.63, 3.8) is 0 Å². The predicted molar refractivity (Wildman–Crippen MR) is 53.9 cm³/mol. The quantitative estimate of drug-likeness (QED) is 0.496. The molecule has 1 rings (SSSR count). The van der Waals surface area contributed by atoms with Crippen LogP contribution in [-0.4, -0.2) is 36.4 Å². The van der Waals surface area contributed by atoms with Crippen molar-refractivity contribution in [3.05, 3.63) is 0 Å². The number of amides is 2. The van der Waals surface area contributed by atoms with Crippen LogP contribution in [0.25, 0.3) is 0 Å². The normalized spacial score (nSPS) is 27.2. The van der Waals surface area contributed by atoms with Gasteiger partial charge in [0.2, 0.25) is 0 Å². The Morgan fingerprint density at radius 2 is 1.86 bits per heavy atom. The van der Waals surface area contributed by atoms with Crippen LogP contribution >= 0.6 is 0 Å². The van der Waals surface area contributed by atoms with Crippen LogP contribution in [0.2, 0.25) is 0 Å². The summed E-state index contributed by atoms with van der Waals surface area (Å²) in [7, 11) is 0. The Morgan fingerprint density at radius 1 is 1.29 bits per heavy atom. The third kappa shape index (κ3) is 3.93. The molecule has 5 N–H and O–H groups in total. The van der Waals surface area contributed by atoms with Gasteiger partial charge in [0.15, 0.2) is 0 Å². The van der Waals surface area contributed by atoms with Gasteiger partial charge in [-0.2, -0.15) is 0 Å². The molecule has 5 heteroatoms. The lowest BCUT2D eigenvalue weighted by Gasteiger charge is -2.29. The highest BCUT2D eigenvalue weighted by Gasteiger charge is 2.20. The van der Waals surface area contributed by atoms with E-state index in [1.54, 1.807) is 0 Å². The third-order valence-corrected chi connectivity index (χ3v) is 2.62. The average molecular weight is 201 g/mol. The summed E-state index contributed by atoms with van der Waals surface area (Å²) in [6.45, 7) is 0.831. The molecule has 0 heterocycles. The van der Waals surface area contributed by atoms with Crippen LogP contribution in [0.5, 0.6) is 0 Å². The molecule has 1 aliphatic rings. The first-order chi connectivity index (χ1) is 6.72. The van der Waals surface area contributed by atoms with Gasteiger partial charge in [-0.1, -0.05) is 0 Å². The van der Waals surface area contributed by atoms with E-state index in [1.807, 2.05) is 0 Å². The number of primary amides is 1. The molecule has 0 saturated heterocycles. The Morgan fingerprint density at radius 3 is 2.36 bits per heavy atom. The smallest absolute Gasteiger partial charge is 0.312 e. The van der Waals surface area contributed by atoms with E-state index in [-0.39, 0.29) is 12.6 Å². The highest BCUT2D eigenvalue weighted by molar-refractivity contribution is 5.71. The highest BCUT2D eigenvalue weighted by atomic mass is 16.3. The zero-order valence-electron chi connectivity index (χ0n) is 8.33. The summed E-state index contributed by atoms with van der Waals surface area (Å²) in [5.74, 6) is 0. The number of rotatable bonds is 4. The number of aliphatic hydroxyl groups is 1. The second-order valence-electron chi connectivity index (χ2n) is 3.73. The van der Waals surface area contributed by atoms with Gasteiger partial charge in [-0.05, 0) is 25.7 Å². The first kappa shape index (κ1) is 11.3. The fourth-order valence-corrected chi connectivity index (χ4v) is 1.91. The van der Waals surface area contributed by atoms with Crippen LogP contribution in [0.4, 0.5) is 4.79 Å². The Balaban J connectivity index is 2.14. The molecule has 1 aliphatic carbocycles. The summed E-state index contributed by atoms with van der Waals surface area (Å²) >= 11 is 0. The Hall–Kier alpha value is -0.810. The molecule has 1 saturated carbocycles. The summed E-state index contributed by atoms with van der Waals surface area (Å²) in [5.41, 5.74) is 5.04. The van der Waals surface area contributed by atoms with Crippen molar-refractivity contribution in [1.82, 2.24) is 10.6 Å². The largest absolute Gasteiger partial charge is 0.395 e.